The number of nitrogens with one attached hydrogen (secondary N) is 2. The van der Waals surface area contributed by atoms with E-state index >= 15 is 0 Å². The van der Waals surface area contributed by atoms with Gasteiger partial charge in [-0.05, 0) is 41.3 Å². The van der Waals surface area contributed by atoms with Crippen molar-refractivity contribution in [1.29, 1.82) is 0 Å². The monoisotopic (exact) mass is 344 g/mol. The van der Waals surface area contributed by atoms with Gasteiger partial charge in [-0.2, -0.15) is 0 Å². The molecule has 0 radical (unpaired) electrons. The lowest BCUT2D eigenvalue weighted by molar-refractivity contribution is 0.475. The van der Waals surface area contributed by atoms with Gasteiger partial charge in [0.05, 0.1) is 5.39 Å². The Labute approximate surface area is 151 Å². The van der Waals surface area contributed by atoms with Crippen LogP contribution in [0.5, 0.6) is 5.75 Å². The van der Waals surface area contributed by atoms with Crippen LogP contribution in [0.2, 0.25) is 0 Å². The SMILES string of the molecule is CC(C)c1cccc(Nc2ncnc3[nH]cc(-c4ccc(O)cc4)c23)c1. The van der Waals surface area contributed by atoms with E-state index in [9.17, 15) is 5.11 Å². The molecule has 0 amide bonds. The van der Waals surface area contributed by atoms with Gasteiger partial charge in [0, 0.05) is 17.4 Å². The zero-order valence-electron chi connectivity index (χ0n) is 14.7. The minimum Gasteiger partial charge on any atom is -0.508 e. The molecule has 4 rings (SSSR count). The van der Waals surface area contributed by atoms with Crippen LogP contribution in [0, 0.1) is 0 Å². The third kappa shape index (κ3) is 2.99. The lowest BCUT2D eigenvalue weighted by Gasteiger charge is -2.11. The Morgan fingerprint density at radius 3 is 2.62 bits per heavy atom. The zero-order chi connectivity index (χ0) is 18.1. The van der Waals surface area contributed by atoms with E-state index in [-0.39, 0.29) is 5.75 Å². The number of aromatic nitrogens is 3. The summed E-state index contributed by atoms with van der Waals surface area (Å²) < 4.78 is 0. The number of aromatic hydroxyl groups is 1. The molecule has 4 aromatic rings. The molecule has 0 aliphatic heterocycles. The minimum atomic E-state index is 0.244. The molecule has 5 nitrogen and oxygen atoms in total. The van der Waals surface area contributed by atoms with Crippen molar-refractivity contribution in [2.45, 2.75) is 19.8 Å². The summed E-state index contributed by atoms with van der Waals surface area (Å²) >= 11 is 0. The molecule has 0 aliphatic carbocycles. The molecule has 0 unspecified atom stereocenters. The van der Waals surface area contributed by atoms with Crippen LogP contribution in [0.15, 0.2) is 61.1 Å². The van der Waals surface area contributed by atoms with E-state index < -0.39 is 0 Å². The highest BCUT2D eigenvalue weighted by Gasteiger charge is 2.13. The standard InChI is InChI=1S/C21H20N4O/c1-13(2)15-4-3-5-16(10-15)25-21-19-18(11-22-20(19)23-12-24-21)14-6-8-17(26)9-7-14/h3-13,26H,1-2H3,(H2,22,23,24,25). The molecule has 5 heteroatoms. The molecular formula is C21H20N4O. The molecule has 0 saturated heterocycles. The summed E-state index contributed by atoms with van der Waals surface area (Å²) in [4.78, 5) is 12.0. The largest absolute Gasteiger partial charge is 0.508 e. The van der Waals surface area contributed by atoms with Gasteiger partial charge in [-0.15, -0.1) is 0 Å². The van der Waals surface area contributed by atoms with Gasteiger partial charge in [0.25, 0.3) is 0 Å². The van der Waals surface area contributed by atoms with Gasteiger partial charge in [0.15, 0.2) is 0 Å². The smallest absolute Gasteiger partial charge is 0.143 e. The van der Waals surface area contributed by atoms with Gasteiger partial charge in [-0.1, -0.05) is 38.1 Å². The van der Waals surface area contributed by atoms with Crippen LogP contribution in [-0.2, 0) is 0 Å². The fourth-order valence-corrected chi connectivity index (χ4v) is 3.04. The van der Waals surface area contributed by atoms with Crippen LogP contribution >= 0.6 is 0 Å². The lowest BCUT2D eigenvalue weighted by Crippen LogP contribution is -1.97. The Kier molecular flexibility index (Phi) is 4.05. The van der Waals surface area contributed by atoms with Gasteiger partial charge >= 0.3 is 0 Å². The van der Waals surface area contributed by atoms with Gasteiger partial charge < -0.3 is 15.4 Å². The minimum absolute atomic E-state index is 0.244. The van der Waals surface area contributed by atoms with Crippen molar-refractivity contribution in [1.82, 2.24) is 15.0 Å². The lowest BCUT2D eigenvalue weighted by atomic mass is 10.0. The number of benzene rings is 2. The van der Waals surface area contributed by atoms with Crippen LogP contribution in [0.4, 0.5) is 11.5 Å². The predicted octanol–water partition coefficient (Wildman–Crippen LogP) is 5.20. The van der Waals surface area contributed by atoms with Crippen LogP contribution < -0.4 is 5.32 Å². The Morgan fingerprint density at radius 1 is 1.04 bits per heavy atom. The summed E-state index contributed by atoms with van der Waals surface area (Å²) in [5.41, 5.74) is 5.01. The normalized spacial score (nSPS) is 11.2. The predicted molar refractivity (Wildman–Crippen MR) is 105 cm³/mol. The van der Waals surface area contributed by atoms with Crippen LogP contribution in [0.3, 0.4) is 0 Å². The highest BCUT2D eigenvalue weighted by molar-refractivity contribution is 6.01. The number of anilines is 2. The van der Waals surface area contributed by atoms with Crippen LogP contribution in [-0.4, -0.2) is 20.1 Å². The average Bonchev–Trinajstić information content (AvgIpc) is 3.08. The van der Waals surface area contributed by atoms with E-state index in [1.165, 1.54) is 5.56 Å². The summed E-state index contributed by atoms with van der Waals surface area (Å²) in [6.07, 6.45) is 3.47. The molecule has 2 aromatic carbocycles. The zero-order valence-corrected chi connectivity index (χ0v) is 14.7. The number of phenolic OH excluding ortho intramolecular Hbond substituents is 1. The van der Waals surface area contributed by atoms with E-state index in [1.54, 1.807) is 18.5 Å². The van der Waals surface area contributed by atoms with Crippen molar-refractivity contribution < 1.29 is 5.11 Å². The Balaban J connectivity index is 1.79. The van der Waals surface area contributed by atoms with Crippen LogP contribution in [0.1, 0.15) is 25.3 Å². The number of aromatic amines is 1. The molecular weight excluding hydrogens is 324 g/mol. The fourth-order valence-electron chi connectivity index (χ4n) is 3.04. The van der Waals surface area contributed by atoms with Gasteiger partial charge in [0.2, 0.25) is 0 Å². The maximum absolute atomic E-state index is 9.54. The Hall–Kier alpha value is -3.34. The fraction of sp³-hybridized carbons (Fsp3) is 0.143. The maximum Gasteiger partial charge on any atom is 0.143 e. The molecule has 2 heterocycles. The van der Waals surface area contributed by atoms with Crippen LogP contribution in [0.25, 0.3) is 22.2 Å². The first-order valence-corrected chi connectivity index (χ1v) is 8.60. The number of hydrogen-bond donors (Lipinski definition) is 3. The highest BCUT2D eigenvalue weighted by atomic mass is 16.3. The molecule has 26 heavy (non-hydrogen) atoms. The highest BCUT2D eigenvalue weighted by Crippen LogP contribution is 2.34. The summed E-state index contributed by atoms with van der Waals surface area (Å²) in [5, 5.41) is 13.9. The second-order valence-electron chi connectivity index (χ2n) is 6.60. The Morgan fingerprint density at radius 2 is 1.85 bits per heavy atom. The van der Waals surface area contributed by atoms with Crippen molar-refractivity contribution in [2.24, 2.45) is 0 Å². The van der Waals surface area contributed by atoms with E-state index in [1.807, 2.05) is 30.5 Å². The third-order valence-electron chi connectivity index (χ3n) is 4.46. The molecule has 0 atom stereocenters. The molecule has 0 bridgehead atoms. The van der Waals surface area contributed by atoms with E-state index in [0.717, 1.165) is 33.7 Å². The first-order valence-electron chi connectivity index (χ1n) is 8.60. The second kappa shape index (κ2) is 6.52. The number of nitrogens with zero attached hydrogens (tertiary/aromatic N) is 2. The molecule has 0 fully saturated rings. The van der Waals surface area contributed by atoms with Crippen molar-refractivity contribution in [3.63, 3.8) is 0 Å². The Bertz CT molecular complexity index is 1050. The molecule has 2 aromatic heterocycles. The van der Waals surface area contributed by atoms with E-state index in [4.69, 9.17) is 0 Å². The van der Waals surface area contributed by atoms with Gasteiger partial charge in [-0.25, -0.2) is 9.97 Å². The van der Waals surface area contributed by atoms with E-state index in [2.05, 4.69) is 46.2 Å². The van der Waals surface area contributed by atoms with Crippen molar-refractivity contribution in [3.8, 4) is 16.9 Å². The van der Waals surface area contributed by atoms with Crippen molar-refractivity contribution >= 4 is 22.5 Å². The first-order chi connectivity index (χ1) is 12.6. The molecule has 3 N–H and O–H groups in total. The van der Waals surface area contributed by atoms with E-state index in [0.29, 0.717) is 5.92 Å². The molecule has 0 saturated carbocycles. The third-order valence-corrected chi connectivity index (χ3v) is 4.46. The summed E-state index contributed by atoms with van der Waals surface area (Å²) in [6, 6.07) is 15.5. The number of H-pyrrole nitrogens is 1. The van der Waals surface area contributed by atoms with Crippen molar-refractivity contribution in [2.75, 3.05) is 5.32 Å². The summed E-state index contributed by atoms with van der Waals surface area (Å²) in [7, 11) is 0. The van der Waals surface area contributed by atoms with Gasteiger partial charge in [-0.3, -0.25) is 0 Å². The number of rotatable bonds is 4. The summed E-state index contributed by atoms with van der Waals surface area (Å²) in [6.45, 7) is 4.36. The number of phenols is 1. The second-order valence-corrected chi connectivity index (χ2v) is 6.60. The molecule has 130 valence electrons. The van der Waals surface area contributed by atoms with Gasteiger partial charge in [0.1, 0.15) is 23.5 Å². The number of fused-ring (bicyclic) bond motifs is 1. The van der Waals surface area contributed by atoms with Crippen molar-refractivity contribution in [3.05, 3.63) is 66.6 Å². The number of hydrogen-bond acceptors (Lipinski definition) is 4. The first kappa shape index (κ1) is 16.1. The molecule has 0 spiro atoms. The maximum atomic E-state index is 9.54. The quantitative estimate of drug-likeness (QED) is 0.476. The topological polar surface area (TPSA) is 73.8 Å². The summed E-state index contributed by atoms with van der Waals surface area (Å²) in [5.74, 6) is 1.45. The molecule has 0 aliphatic rings. The average molecular weight is 344 g/mol.